The van der Waals surface area contributed by atoms with E-state index in [1.807, 2.05) is 24.3 Å². The Labute approximate surface area is 172 Å². The highest BCUT2D eigenvalue weighted by atomic mass is 16.6. The van der Waals surface area contributed by atoms with Crippen molar-refractivity contribution in [3.63, 3.8) is 0 Å². The molecule has 0 unspecified atom stereocenters. The molecule has 0 aliphatic heterocycles. The molecule has 0 saturated carbocycles. The van der Waals surface area contributed by atoms with Gasteiger partial charge in [-0.2, -0.15) is 0 Å². The summed E-state index contributed by atoms with van der Waals surface area (Å²) in [5.41, 5.74) is 1.09. The van der Waals surface area contributed by atoms with Crippen LogP contribution in [0.2, 0.25) is 0 Å². The number of methoxy groups -OCH3 is 2. The lowest BCUT2D eigenvalue weighted by Crippen LogP contribution is -2.27. The Bertz CT molecular complexity index is 809. The number of benzene rings is 2. The lowest BCUT2D eigenvalue weighted by atomic mass is 10.0. The van der Waals surface area contributed by atoms with Crippen molar-refractivity contribution >= 4 is 5.97 Å². The molecule has 2 rings (SSSR count). The molecule has 0 aliphatic carbocycles. The van der Waals surface area contributed by atoms with Crippen LogP contribution in [0.3, 0.4) is 0 Å². The van der Waals surface area contributed by atoms with Gasteiger partial charge in [0.2, 0.25) is 0 Å². The Hall–Kier alpha value is -2.73. The molecule has 6 heteroatoms. The number of rotatable bonds is 9. The summed E-state index contributed by atoms with van der Waals surface area (Å²) in [6.07, 6.45) is 0.391. The molecule has 0 fully saturated rings. The van der Waals surface area contributed by atoms with E-state index in [0.717, 1.165) is 5.56 Å². The normalized spacial score (nSPS) is 12.2. The van der Waals surface area contributed by atoms with E-state index in [1.165, 1.54) is 0 Å². The van der Waals surface area contributed by atoms with Gasteiger partial charge in [-0.3, -0.25) is 0 Å². The van der Waals surface area contributed by atoms with Crippen molar-refractivity contribution in [2.45, 2.75) is 45.3 Å². The Balaban J connectivity index is 2.01. The van der Waals surface area contributed by atoms with Crippen LogP contribution < -0.4 is 14.2 Å². The van der Waals surface area contributed by atoms with Crippen LogP contribution in [-0.4, -0.2) is 37.5 Å². The number of hydrogen-bond donors (Lipinski definition) is 1. The second kappa shape index (κ2) is 10.2. The number of aryl methyl sites for hydroxylation is 1. The fraction of sp³-hybridized carbons (Fsp3) is 0.435. The predicted octanol–water partition coefficient (Wildman–Crippen LogP) is 4.09. The number of carbonyl (C=O) groups excluding carboxylic acids is 1. The minimum absolute atomic E-state index is 0.212. The fourth-order valence-corrected chi connectivity index (χ4v) is 2.89. The zero-order valence-electron chi connectivity index (χ0n) is 17.7. The van der Waals surface area contributed by atoms with Crippen LogP contribution in [0, 0.1) is 0 Å². The summed E-state index contributed by atoms with van der Waals surface area (Å²) in [6, 6.07) is 12.8. The molecule has 158 valence electrons. The third-order valence-electron chi connectivity index (χ3n) is 4.20. The third kappa shape index (κ3) is 6.98. The Morgan fingerprint density at radius 3 is 2.34 bits per heavy atom. The van der Waals surface area contributed by atoms with Gasteiger partial charge in [-0.1, -0.05) is 24.3 Å². The number of para-hydroxylation sites is 1. The number of aliphatic hydroxyl groups is 1. The van der Waals surface area contributed by atoms with Gasteiger partial charge >= 0.3 is 5.97 Å². The van der Waals surface area contributed by atoms with Crippen LogP contribution in [0.15, 0.2) is 42.5 Å². The van der Waals surface area contributed by atoms with Gasteiger partial charge < -0.3 is 24.1 Å². The molecular formula is C23H30O6. The van der Waals surface area contributed by atoms with Crippen molar-refractivity contribution in [3.05, 3.63) is 53.6 Å². The lowest BCUT2D eigenvalue weighted by molar-refractivity contribution is -0.157. The molecule has 29 heavy (non-hydrogen) atoms. The summed E-state index contributed by atoms with van der Waals surface area (Å²) in [4.78, 5) is 11.9. The van der Waals surface area contributed by atoms with Gasteiger partial charge in [-0.15, -0.1) is 0 Å². The maximum Gasteiger partial charge on any atom is 0.344 e. The van der Waals surface area contributed by atoms with E-state index >= 15 is 0 Å². The van der Waals surface area contributed by atoms with Crippen LogP contribution in [0.1, 0.15) is 44.4 Å². The molecule has 0 aromatic heterocycles. The summed E-state index contributed by atoms with van der Waals surface area (Å²) in [6.45, 7) is 5.20. The van der Waals surface area contributed by atoms with E-state index in [9.17, 15) is 9.90 Å². The first-order valence-corrected chi connectivity index (χ1v) is 9.56. The third-order valence-corrected chi connectivity index (χ3v) is 4.20. The van der Waals surface area contributed by atoms with E-state index in [-0.39, 0.29) is 6.61 Å². The van der Waals surface area contributed by atoms with Gasteiger partial charge in [0, 0.05) is 5.56 Å². The molecular weight excluding hydrogens is 372 g/mol. The molecule has 0 heterocycles. The van der Waals surface area contributed by atoms with Crippen molar-refractivity contribution in [1.29, 1.82) is 0 Å². The number of aliphatic hydroxyl groups excluding tert-OH is 1. The monoisotopic (exact) mass is 402 g/mol. The summed E-state index contributed by atoms with van der Waals surface area (Å²) < 4.78 is 21.4. The average molecular weight is 402 g/mol. The van der Waals surface area contributed by atoms with Gasteiger partial charge in [0.1, 0.15) is 11.4 Å². The number of hydrogen-bond acceptors (Lipinski definition) is 6. The zero-order chi connectivity index (χ0) is 21.4. The summed E-state index contributed by atoms with van der Waals surface area (Å²) >= 11 is 0. The predicted molar refractivity (Wildman–Crippen MR) is 111 cm³/mol. The van der Waals surface area contributed by atoms with E-state index in [4.69, 9.17) is 18.9 Å². The van der Waals surface area contributed by atoms with Crippen molar-refractivity contribution in [3.8, 4) is 17.2 Å². The quantitative estimate of drug-likeness (QED) is 0.637. The molecule has 6 nitrogen and oxygen atoms in total. The summed E-state index contributed by atoms with van der Waals surface area (Å²) in [5.74, 6) is 1.34. The van der Waals surface area contributed by atoms with Crippen LogP contribution in [0.5, 0.6) is 17.2 Å². The zero-order valence-corrected chi connectivity index (χ0v) is 17.7. The average Bonchev–Trinajstić information content (AvgIpc) is 2.69. The van der Waals surface area contributed by atoms with Gasteiger partial charge in [-0.05, 0) is 57.4 Å². The van der Waals surface area contributed by atoms with Crippen LogP contribution >= 0.6 is 0 Å². The first-order chi connectivity index (χ1) is 13.7. The van der Waals surface area contributed by atoms with Crippen molar-refractivity contribution < 1.29 is 28.8 Å². The van der Waals surface area contributed by atoms with Gasteiger partial charge in [0.25, 0.3) is 0 Å². The molecule has 0 spiro atoms. The van der Waals surface area contributed by atoms with Gasteiger partial charge in [0.05, 0.1) is 20.3 Å². The van der Waals surface area contributed by atoms with E-state index in [2.05, 4.69) is 0 Å². The maximum absolute atomic E-state index is 11.9. The topological polar surface area (TPSA) is 74.2 Å². The highest BCUT2D eigenvalue weighted by Gasteiger charge is 2.19. The highest BCUT2D eigenvalue weighted by Crippen LogP contribution is 2.31. The lowest BCUT2D eigenvalue weighted by Gasteiger charge is -2.20. The molecule has 2 aromatic rings. The standard InChI is InChI=1S/C23H30O6/c1-23(2,3)29-22(25)15-28-19-9-7-6-8-17(19)18(24)12-10-16-11-13-20(26-4)21(14-16)27-5/h6-9,11,13-14,18,24H,10,12,15H2,1-5H3/t18-/m1/s1. The first kappa shape index (κ1) is 22.6. The second-order valence-electron chi connectivity index (χ2n) is 7.66. The highest BCUT2D eigenvalue weighted by molar-refractivity contribution is 5.71. The molecule has 0 bridgehead atoms. The van der Waals surface area contributed by atoms with Crippen molar-refractivity contribution in [1.82, 2.24) is 0 Å². The number of esters is 1. The Morgan fingerprint density at radius 1 is 1.00 bits per heavy atom. The Kier molecular flexibility index (Phi) is 7.91. The van der Waals surface area contributed by atoms with Crippen LogP contribution in [-0.2, 0) is 16.0 Å². The van der Waals surface area contributed by atoms with Gasteiger partial charge in [0.15, 0.2) is 18.1 Å². The van der Waals surface area contributed by atoms with Crippen molar-refractivity contribution in [2.75, 3.05) is 20.8 Å². The molecule has 0 aliphatic rings. The van der Waals surface area contributed by atoms with Crippen LogP contribution in [0.25, 0.3) is 0 Å². The Morgan fingerprint density at radius 2 is 1.69 bits per heavy atom. The summed E-state index contributed by atoms with van der Waals surface area (Å²) in [7, 11) is 3.18. The molecule has 0 radical (unpaired) electrons. The molecule has 0 saturated heterocycles. The fourth-order valence-electron chi connectivity index (χ4n) is 2.89. The SMILES string of the molecule is COc1ccc(CC[C@@H](O)c2ccccc2OCC(=O)OC(C)(C)C)cc1OC. The van der Waals surface area contributed by atoms with Gasteiger partial charge in [-0.25, -0.2) is 4.79 Å². The number of carbonyl (C=O) groups is 1. The molecule has 0 amide bonds. The second-order valence-corrected chi connectivity index (χ2v) is 7.66. The van der Waals surface area contributed by atoms with E-state index < -0.39 is 17.7 Å². The minimum Gasteiger partial charge on any atom is -0.493 e. The smallest absolute Gasteiger partial charge is 0.344 e. The number of ether oxygens (including phenoxy) is 4. The van der Waals surface area contributed by atoms with E-state index in [0.29, 0.717) is 35.7 Å². The summed E-state index contributed by atoms with van der Waals surface area (Å²) in [5, 5.41) is 10.7. The largest absolute Gasteiger partial charge is 0.493 e. The molecule has 1 N–H and O–H groups in total. The van der Waals surface area contributed by atoms with E-state index in [1.54, 1.807) is 53.2 Å². The molecule has 2 aromatic carbocycles. The maximum atomic E-state index is 11.9. The molecule has 1 atom stereocenters. The minimum atomic E-state index is -0.738. The van der Waals surface area contributed by atoms with Crippen molar-refractivity contribution in [2.24, 2.45) is 0 Å². The first-order valence-electron chi connectivity index (χ1n) is 9.56. The van der Waals surface area contributed by atoms with Crippen LogP contribution in [0.4, 0.5) is 0 Å².